The van der Waals surface area contributed by atoms with Crippen molar-refractivity contribution >= 4 is 17.3 Å². The Morgan fingerprint density at radius 1 is 1.39 bits per heavy atom. The van der Waals surface area contributed by atoms with Crippen molar-refractivity contribution < 1.29 is 14.1 Å². The third kappa shape index (κ3) is 2.54. The molecule has 1 aromatic heterocycles. The molecule has 92 valence electrons. The molecule has 0 aliphatic carbocycles. The molecule has 1 aromatic carbocycles. The highest BCUT2D eigenvalue weighted by molar-refractivity contribution is 6.30. The van der Waals surface area contributed by atoms with E-state index >= 15 is 0 Å². The summed E-state index contributed by atoms with van der Waals surface area (Å²) >= 11 is 5.57. The maximum absolute atomic E-state index is 12.9. The van der Waals surface area contributed by atoms with Crippen LogP contribution in [0.1, 0.15) is 0 Å². The lowest BCUT2D eigenvalue weighted by atomic mass is 10.3. The first kappa shape index (κ1) is 12.3. The van der Waals surface area contributed by atoms with E-state index < -0.39 is 10.7 Å². The quantitative estimate of drug-likeness (QED) is 0.630. The van der Waals surface area contributed by atoms with Gasteiger partial charge < -0.3 is 4.74 Å². The van der Waals surface area contributed by atoms with Crippen LogP contribution in [0.15, 0.2) is 36.5 Å². The molecule has 0 unspecified atom stereocenters. The molecule has 0 atom stereocenters. The molecule has 0 aliphatic heterocycles. The van der Waals surface area contributed by atoms with Gasteiger partial charge in [-0.05, 0) is 18.2 Å². The number of nitro groups is 1. The van der Waals surface area contributed by atoms with Crippen LogP contribution in [0, 0.1) is 15.9 Å². The van der Waals surface area contributed by atoms with Gasteiger partial charge in [0.1, 0.15) is 11.6 Å². The summed E-state index contributed by atoms with van der Waals surface area (Å²) in [5.74, 6) is -0.604. The number of rotatable bonds is 3. The van der Waals surface area contributed by atoms with Crippen LogP contribution in [0.25, 0.3) is 0 Å². The average Bonchev–Trinajstić information content (AvgIpc) is 2.34. The lowest BCUT2D eigenvalue weighted by molar-refractivity contribution is -0.386. The smallest absolute Gasteiger partial charge is 0.331 e. The number of pyridine rings is 1. The van der Waals surface area contributed by atoms with Gasteiger partial charge in [-0.15, -0.1) is 0 Å². The van der Waals surface area contributed by atoms with E-state index in [2.05, 4.69) is 4.98 Å². The zero-order valence-corrected chi connectivity index (χ0v) is 9.60. The molecule has 2 rings (SSSR count). The zero-order valence-electron chi connectivity index (χ0n) is 8.84. The normalized spacial score (nSPS) is 10.1. The summed E-state index contributed by atoms with van der Waals surface area (Å²) in [6.07, 6.45) is 1.35. The van der Waals surface area contributed by atoms with Gasteiger partial charge in [-0.3, -0.25) is 10.1 Å². The first-order valence-corrected chi connectivity index (χ1v) is 5.18. The maximum Gasteiger partial charge on any atom is 0.331 e. The molecule has 0 bridgehead atoms. The van der Waals surface area contributed by atoms with E-state index in [9.17, 15) is 14.5 Å². The van der Waals surface area contributed by atoms with Crippen LogP contribution in [0.3, 0.4) is 0 Å². The summed E-state index contributed by atoms with van der Waals surface area (Å²) in [4.78, 5) is 13.9. The molecule has 0 saturated carbocycles. The third-order valence-corrected chi connectivity index (χ3v) is 2.34. The van der Waals surface area contributed by atoms with Gasteiger partial charge in [0.15, 0.2) is 0 Å². The fraction of sp³-hybridized carbons (Fsp3) is 0. The number of hydrogen-bond acceptors (Lipinski definition) is 4. The third-order valence-electron chi connectivity index (χ3n) is 2.05. The van der Waals surface area contributed by atoms with E-state index in [1.807, 2.05) is 0 Å². The Bertz CT molecular complexity index is 607. The minimum absolute atomic E-state index is 0.133. The lowest BCUT2D eigenvalue weighted by Gasteiger charge is -2.05. The molecule has 5 nitrogen and oxygen atoms in total. The molecule has 0 spiro atoms. The van der Waals surface area contributed by atoms with Gasteiger partial charge in [0, 0.05) is 18.3 Å². The minimum atomic E-state index is -0.618. The number of hydrogen-bond donors (Lipinski definition) is 0. The Morgan fingerprint density at radius 3 is 2.83 bits per heavy atom. The van der Waals surface area contributed by atoms with E-state index in [0.29, 0.717) is 0 Å². The zero-order chi connectivity index (χ0) is 13.1. The summed E-state index contributed by atoms with van der Waals surface area (Å²) in [5.41, 5.74) is -0.280. The van der Waals surface area contributed by atoms with Crippen molar-refractivity contribution in [3.63, 3.8) is 0 Å². The van der Waals surface area contributed by atoms with Crippen molar-refractivity contribution in [1.82, 2.24) is 4.98 Å². The summed E-state index contributed by atoms with van der Waals surface area (Å²) in [6.45, 7) is 0. The SMILES string of the molecule is O=[N+]([O-])c1cccnc1Oc1ccc(F)c(Cl)c1. The van der Waals surface area contributed by atoms with E-state index in [-0.39, 0.29) is 22.3 Å². The molecule has 0 aliphatic rings. The predicted molar refractivity (Wildman–Crippen MR) is 62.4 cm³/mol. The first-order valence-electron chi connectivity index (χ1n) is 4.80. The fourth-order valence-electron chi connectivity index (χ4n) is 1.25. The number of benzene rings is 1. The van der Waals surface area contributed by atoms with Crippen molar-refractivity contribution in [3.05, 3.63) is 57.5 Å². The summed E-state index contributed by atoms with van der Waals surface area (Å²) < 4.78 is 18.1. The molecule has 18 heavy (non-hydrogen) atoms. The fourth-order valence-corrected chi connectivity index (χ4v) is 1.42. The van der Waals surface area contributed by atoms with Crippen molar-refractivity contribution in [2.75, 3.05) is 0 Å². The Balaban J connectivity index is 2.34. The number of nitrogens with zero attached hydrogens (tertiary/aromatic N) is 2. The van der Waals surface area contributed by atoms with Crippen LogP contribution in [-0.4, -0.2) is 9.91 Å². The van der Waals surface area contributed by atoms with Crippen LogP contribution < -0.4 is 4.74 Å². The van der Waals surface area contributed by atoms with Crippen molar-refractivity contribution in [2.24, 2.45) is 0 Å². The number of ether oxygens (including phenoxy) is 1. The lowest BCUT2D eigenvalue weighted by Crippen LogP contribution is -1.95. The van der Waals surface area contributed by atoms with E-state index in [0.717, 1.165) is 6.07 Å². The molecule has 0 amide bonds. The standard InChI is InChI=1S/C11H6ClFN2O3/c12-8-6-7(3-4-9(8)13)18-11-10(15(16)17)2-1-5-14-11/h1-6H. The van der Waals surface area contributed by atoms with Gasteiger partial charge in [0.2, 0.25) is 0 Å². The van der Waals surface area contributed by atoms with Crippen LogP contribution in [0.2, 0.25) is 5.02 Å². The predicted octanol–water partition coefficient (Wildman–Crippen LogP) is 3.57. The van der Waals surface area contributed by atoms with Gasteiger partial charge in [0.25, 0.3) is 5.88 Å². The number of halogens is 2. The molecular weight excluding hydrogens is 263 g/mol. The van der Waals surface area contributed by atoms with Gasteiger partial charge >= 0.3 is 5.69 Å². The van der Waals surface area contributed by atoms with E-state index in [1.54, 1.807) is 0 Å². The summed E-state index contributed by atoms with van der Waals surface area (Å²) in [7, 11) is 0. The van der Waals surface area contributed by atoms with Gasteiger partial charge in [0.05, 0.1) is 9.95 Å². The highest BCUT2D eigenvalue weighted by Gasteiger charge is 2.16. The molecular formula is C11H6ClFN2O3. The Labute approximate surface area is 106 Å². The van der Waals surface area contributed by atoms with Gasteiger partial charge in [-0.2, -0.15) is 0 Å². The highest BCUT2D eigenvalue weighted by Crippen LogP contribution is 2.30. The van der Waals surface area contributed by atoms with E-state index in [1.165, 1.54) is 30.5 Å². The van der Waals surface area contributed by atoms with Gasteiger partial charge in [-0.1, -0.05) is 11.6 Å². The summed E-state index contributed by atoms with van der Waals surface area (Å²) in [6, 6.07) is 6.30. The topological polar surface area (TPSA) is 65.3 Å². The Kier molecular flexibility index (Phi) is 3.38. The monoisotopic (exact) mass is 268 g/mol. The molecule has 7 heteroatoms. The molecule has 0 N–H and O–H groups in total. The molecule has 0 fully saturated rings. The average molecular weight is 269 g/mol. The Hall–Kier alpha value is -2.21. The van der Waals surface area contributed by atoms with Crippen LogP contribution in [0.5, 0.6) is 11.6 Å². The molecule has 2 aromatic rings. The van der Waals surface area contributed by atoms with Crippen LogP contribution >= 0.6 is 11.6 Å². The second-order valence-electron chi connectivity index (χ2n) is 3.26. The van der Waals surface area contributed by atoms with Gasteiger partial charge in [-0.25, -0.2) is 9.37 Å². The minimum Gasteiger partial charge on any atom is -0.434 e. The van der Waals surface area contributed by atoms with Crippen LogP contribution in [0.4, 0.5) is 10.1 Å². The number of aromatic nitrogens is 1. The van der Waals surface area contributed by atoms with Crippen molar-refractivity contribution in [2.45, 2.75) is 0 Å². The van der Waals surface area contributed by atoms with Crippen LogP contribution in [-0.2, 0) is 0 Å². The second kappa shape index (κ2) is 4.97. The molecule has 0 saturated heterocycles. The molecule has 0 radical (unpaired) electrons. The molecule has 1 heterocycles. The van der Waals surface area contributed by atoms with Crippen molar-refractivity contribution in [3.8, 4) is 11.6 Å². The first-order chi connectivity index (χ1) is 8.58. The second-order valence-corrected chi connectivity index (χ2v) is 3.67. The highest BCUT2D eigenvalue weighted by atomic mass is 35.5. The maximum atomic E-state index is 12.9. The largest absolute Gasteiger partial charge is 0.434 e. The Morgan fingerprint density at radius 2 is 2.17 bits per heavy atom. The van der Waals surface area contributed by atoms with E-state index in [4.69, 9.17) is 16.3 Å². The van der Waals surface area contributed by atoms with Crippen molar-refractivity contribution in [1.29, 1.82) is 0 Å². The summed E-state index contributed by atoms with van der Waals surface area (Å²) in [5, 5.41) is 10.6.